The van der Waals surface area contributed by atoms with Crippen LogP contribution in [0.2, 0.25) is 0 Å². The lowest BCUT2D eigenvalue weighted by Gasteiger charge is -2.44. The monoisotopic (exact) mass is 606 g/mol. The maximum absolute atomic E-state index is 13.5. The molecule has 0 aromatic heterocycles. The van der Waals surface area contributed by atoms with Gasteiger partial charge in [0.25, 0.3) is 0 Å². The van der Waals surface area contributed by atoms with Gasteiger partial charge in [-0.1, -0.05) is 0 Å². The Labute approximate surface area is 188 Å². The molecule has 0 spiro atoms. The van der Waals surface area contributed by atoms with Crippen molar-refractivity contribution >= 4 is 0 Å². The number of ether oxygens (including phenoxy) is 1. The Kier molecular flexibility index (Phi) is 8.85. The molecular weight excluding hydrogens is 599 g/mol. The molecule has 0 aromatic rings. The summed E-state index contributed by atoms with van der Waals surface area (Å²) in [5.41, 5.74) is 0. The largest absolute Gasteiger partial charge is 0.516 e. The van der Waals surface area contributed by atoms with Crippen molar-refractivity contribution in [3.63, 3.8) is 0 Å². The molecule has 1 N–H and O–H groups in total. The first-order valence-electron chi connectivity index (χ1n) is 8.21. The molecule has 0 radical (unpaired) electrons. The molecule has 2 nitrogen and oxygen atoms in total. The maximum atomic E-state index is 13.5. The summed E-state index contributed by atoms with van der Waals surface area (Å²) in [6.07, 6.45) is -16.0. The molecule has 0 bridgehead atoms. The van der Waals surface area contributed by atoms with Gasteiger partial charge in [-0.3, -0.25) is 0 Å². The van der Waals surface area contributed by atoms with Crippen LogP contribution in [0.15, 0.2) is 12.3 Å². The highest BCUT2D eigenvalue weighted by Gasteiger charge is 2.98. The van der Waals surface area contributed by atoms with E-state index < -0.39 is 72.7 Å². The average molecular weight is 606 g/mol. The summed E-state index contributed by atoms with van der Waals surface area (Å²) >= 11 is 0. The Hall–Kier alpha value is -1.97. The zero-order valence-electron chi connectivity index (χ0n) is 16.4. The Balaban J connectivity index is 6.85. The van der Waals surface area contributed by atoms with Gasteiger partial charge in [-0.05, 0) is 12.5 Å². The van der Waals surface area contributed by atoms with E-state index in [9.17, 15) is 92.2 Å². The Morgan fingerprint density at radius 1 is 0.432 bits per heavy atom. The number of aliphatic hydroxyl groups excluding tert-OH is 1. The van der Waals surface area contributed by atoms with Crippen molar-refractivity contribution in [2.45, 2.75) is 66.1 Å². The first-order valence-corrected chi connectivity index (χ1v) is 8.21. The molecule has 0 fully saturated rings. The van der Waals surface area contributed by atoms with E-state index in [1.54, 1.807) is 0 Å². The van der Waals surface area contributed by atoms with E-state index in [0.29, 0.717) is 6.08 Å². The zero-order chi connectivity index (χ0) is 30.5. The lowest BCUT2D eigenvalue weighted by molar-refractivity contribution is -0.484. The van der Waals surface area contributed by atoms with Gasteiger partial charge in [-0.15, -0.1) is 0 Å². The van der Waals surface area contributed by atoms with E-state index in [1.165, 1.54) is 0 Å². The standard InChI is InChI=1S/C14H7F21O2/c15-5(16,7(19,20)9(23,24)11(27,28)13(31,32)33)6(17,18)8(21,22)10(25,26)12(29,30)14(34,35)37-4-2-1-3-36/h1,3,36H,2,4H2. The van der Waals surface area contributed by atoms with Gasteiger partial charge in [-0.2, -0.15) is 92.2 Å². The van der Waals surface area contributed by atoms with Crippen LogP contribution in [-0.4, -0.2) is 71.4 Å². The number of hydrogen-bond acceptors (Lipinski definition) is 2. The van der Waals surface area contributed by atoms with Crippen LogP contribution < -0.4 is 0 Å². The number of rotatable bonds is 12. The summed E-state index contributed by atoms with van der Waals surface area (Å²) in [7, 11) is 0. The molecule has 0 saturated carbocycles. The normalized spacial score (nSPS) is 16.6. The molecule has 0 aliphatic rings. The van der Waals surface area contributed by atoms with Crippen molar-refractivity contribution in [3.8, 4) is 0 Å². The van der Waals surface area contributed by atoms with Crippen molar-refractivity contribution in [2.75, 3.05) is 6.61 Å². The van der Waals surface area contributed by atoms with E-state index in [0.717, 1.165) is 0 Å². The second kappa shape index (κ2) is 9.35. The first kappa shape index (κ1) is 35.0. The average Bonchev–Trinajstić information content (AvgIpc) is 2.69. The van der Waals surface area contributed by atoms with Gasteiger partial charge in [0, 0.05) is 0 Å². The SMILES string of the molecule is OC=CCCOC(F)(F)C(F)(F)C(F)(F)C(F)(F)C(F)(F)C(F)(F)C(F)(F)C(F)(F)C(F)(F)C(F)(F)F. The lowest BCUT2D eigenvalue weighted by Crippen LogP contribution is -2.77. The molecule has 0 atom stereocenters. The Bertz CT molecular complexity index is 824. The first-order chi connectivity index (χ1) is 15.8. The van der Waals surface area contributed by atoms with Gasteiger partial charge in [0.05, 0.1) is 12.9 Å². The molecule has 0 aliphatic heterocycles. The van der Waals surface area contributed by atoms with Crippen LogP contribution in [0.3, 0.4) is 0 Å². The van der Waals surface area contributed by atoms with E-state index >= 15 is 0 Å². The van der Waals surface area contributed by atoms with Gasteiger partial charge in [0.2, 0.25) is 0 Å². The zero-order valence-corrected chi connectivity index (χ0v) is 16.4. The molecule has 222 valence electrons. The highest BCUT2D eigenvalue weighted by Crippen LogP contribution is 2.66. The minimum Gasteiger partial charge on any atom is -0.516 e. The van der Waals surface area contributed by atoms with Crippen LogP contribution in [0, 0.1) is 0 Å². The summed E-state index contributed by atoms with van der Waals surface area (Å²) in [6.45, 7) is -1.95. The second-order valence-electron chi connectivity index (χ2n) is 6.63. The fourth-order valence-corrected chi connectivity index (χ4v) is 1.96. The highest BCUT2D eigenvalue weighted by molar-refractivity contribution is 5.17. The minimum absolute atomic E-state index is 0.0245. The van der Waals surface area contributed by atoms with Crippen molar-refractivity contribution < 1.29 is 102 Å². The van der Waals surface area contributed by atoms with E-state index in [4.69, 9.17) is 5.11 Å². The predicted molar refractivity (Wildman–Crippen MR) is 72.9 cm³/mol. The van der Waals surface area contributed by atoms with Gasteiger partial charge in [0.1, 0.15) is 0 Å². The van der Waals surface area contributed by atoms with Crippen LogP contribution in [0.4, 0.5) is 92.2 Å². The van der Waals surface area contributed by atoms with Gasteiger partial charge >= 0.3 is 59.7 Å². The van der Waals surface area contributed by atoms with Crippen molar-refractivity contribution in [2.24, 2.45) is 0 Å². The molecule has 0 aromatic carbocycles. The van der Waals surface area contributed by atoms with Gasteiger partial charge in [0.15, 0.2) is 0 Å². The molecule has 0 amide bonds. The fourth-order valence-electron chi connectivity index (χ4n) is 1.96. The van der Waals surface area contributed by atoms with Crippen LogP contribution >= 0.6 is 0 Å². The fraction of sp³-hybridized carbons (Fsp3) is 0.857. The smallest absolute Gasteiger partial charge is 0.460 e. The molecule has 0 unspecified atom stereocenters. The summed E-state index contributed by atoms with van der Waals surface area (Å²) < 4.78 is 278. The highest BCUT2D eigenvalue weighted by atomic mass is 19.4. The number of aliphatic hydroxyl groups is 1. The number of halogens is 21. The van der Waals surface area contributed by atoms with Crippen molar-refractivity contribution in [1.29, 1.82) is 0 Å². The number of alkyl halides is 21. The summed E-state index contributed by atoms with van der Waals surface area (Å²) in [4.78, 5) is 0. The van der Waals surface area contributed by atoms with E-state index in [-0.39, 0.29) is 6.26 Å². The molecule has 23 heteroatoms. The summed E-state index contributed by atoms with van der Waals surface area (Å²) in [5.74, 6) is -70.7. The van der Waals surface area contributed by atoms with Crippen LogP contribution in [0.1, 0.15) is 6.42 Å². The third-order valence-electron chi connectivity index (χ3n) is 4.16. The third kappa shape index (κ3) is 4.72. The second-order valence-corrected chi connectivity index (χ2v) is 6.63. The lowest BCUT2D eigenvalue weighted by atomic mass is 9.87. The van der Waals surface area contributed by atoms with Crippen LogP contribution in [0.5, 0.6) is 0 Å². The Morgan fingerprint density at radius 3 is 0.973 bits per heavy atom. The molecular formula is C14H7F21O2. The Morgan fingerprint density at radius 2 is 0.703 bits per heavy atom. The van der Waals surface area contributed by atoms with Crippen molar-refractivity contribution in [3.05, 3.63) is 12.3 Å². The quantitative estimate of drug-likeness (QED) is 0.140. The number of hydrogen-bond donors (Lipinski definition) is 1. The predicted octanol–water partition coefficient (Wildman–Crippen LogP) is 7.70. The molecule has 0 heterocycles. The van der Waals surface area contributed by atoms with E-state index in [1.807, 2.05) is 0 Å². The van der Waals surface area contributed by atoms with Gasteiger partial charge in [-0.25, -0.2) is 0 Å². The third-order valence-corrected chi connectivity index (χ3v) is 4.16. The van der Waals surface area contributed by atoms with Crippen LogP contribution in [-0.2, 0) is 4.74 Å². The topological polar surface area (TPSA) is 29.5 Å². The van der Waals surface area contributed by atoms with E-state index in [2.05, 4.69) is 4.74 Å². The molecule has 0 saturated heterocycles. The molecule has 0 rings (SSSR count). The molecule has 0 aliphatic carbocycles. The maximum Gasteiger partial charge on any atom is 0.460 e. The van der Waals surface area contributed by atoms with Crippen molar-refractivity contribution in [1.82, 2.24) is 0 Å². The summed E-state index contributed by atoms with van der Waals surface area (Å²) in [5, 5.41) is 8.11. The van der Waals surface area contributed by atoms with Crippen LogP contribution in [0.25, 0.3) is 0 Å². The minimum atomic E-state index is -9.21. The summed E-state index contributed by atoms with van der Waals surface area (Å²) in [6, 6.07) is 0. The molecule has 37 heavy (non-hydrogen) atoms. The van der Waals surface area contributed by atoms with Gasteiger partial charge < -0.3 is 9.84 Å².